The Morgan fingerprint density at radius 3 is 3.00 bits per heavy atom. The van der Waals surface area contributed by atoms with Crippen LogP contribution in [0.25, 0.3) is 0 Å². The van der Waals surface area contributed by atoms with Gasteiger partial charge in [0.2, 0.25) is 0 Å². The second-order valence-electron chi connectivity index (χ2n) is 1.67. The van der Waals surface area contributed by atoms with Crippen molar-refractivity contribution in [3.05, 3.63) is 11.8 Å². The van der Waals surface area contributed by atoms with Gasteiger partial charge in [-0.15, -0.1) is 12.6 Å². The fraction of sp³-hybridized carbons (Fsp3) is 0.400. The van der Waals surface area contributed by atoms with E-state index in [0.717, 1.165) is 5.70 Å². The van der Waals surface area contributed by atoms with Crippen LogP contribution in [0.5, 0.6) is 0 Å². The lowest BCUT2D eigenvalue weighted by molar-refractivity contribution is 0.773. The summed E-state index contributed by atoms with van der Waals surface area (Å²) in [6.07, 6.45) is 3.66. The van der Waals surface area contributed by atoms with Gasteiger partial charge in [0.1, 0.15) is 0 Å². The van der Waals surface area contributed by atoms with Gasteiger partial charge in [0.25, 0.3) is 0 Å². The number of thiol groups is 1. The highest BCUT2D eigenvalue weighted by atomic mass is 32.1. The summed E-state index contributed by atoms with van der Waals surface area (Å²) < 4.78 is 0. The molecule has 0 aromatic carbocycles. The Balaban J connectivity index is 2.59. The average Bonchev–Trinajstić information content (AvgIpc) is 1.64. The molecule has 0 aromatic rings. The van der Waals surface area contributed by atoms with E-state index in [-0.39, 0.29) is 5.50 Å². The standard InChI is InChI=1S/C5H8N2S/c1-4-2-3-6-5(8)7-4/h2-3,5,7-8H,1H3. The Morgan fingerprint density at radius 2 is 2.62 bits per heavy atom. The molecule has 0 fully saturated rings. The lowest BCUT2D eigenvalue weighted by Gasteiger charge is -2.12. The molecule has 44 valence electrons. The van der Waals surface area contributed by atoms with Crippen molar-refractivity contribution < 1.29 is 0 Å². The first-order chi connectivity index (χ1) is 3.79. The van der Waals surface area contributed by atoms with Gasteiger partial charge >= 0.3 is 0 Å². The first kappa shape index (κ1) is 5.69. The van der Waals surface area contributed by atoms with Crippen molar-refractivity contribution >= 4 is 18.8 Å². The molecule has 0 saturated carbocycles. The zero-order chi connectivity index (χ0) is 5.98. The molecule has 2 nitrogen and oxygen atoms in total. The number of rotatable bonds is 0. The molecule has 3 heteroatoms. The quantitative estimate of drug-likeness (QED) is 0.463. The molecule has 0 bridgehead atoms. The van der Waals surface area contributed by atoms with E-state index >= 15 is 0 Å². The SMILES string of the molecule is CC1=CC=NC(S)N1. The fourth-order valence-electron chi connectivity index (χ4n) is 0.525. The van der Waals surface area contributed by atoms with Gasteiger partial charge < -0.3 is 5.32 Å². The van der Waals surface area contributed by atoms with E-state index in [4.69, 9.17) is 0 Å². The summed E-state index contributed by atoms with van der Waals surface area (Å²) in [5, 5.41) is 3.01. The zero-order valence-electron chi connectivity index (χ0n) is 4.63. The third-order valence-corrected chi connectivity index (χ3v) is 1.17. The van der Waals surface area contributed by atoms with E-state index in [1.165, 1.54) is 0 Å². The smallest absolute Gasteiger partial charge is 0.163 e. The second kappa shape index (κ2) is 2.22. The molecule has 1 unspecified atom stereocenters. The highest BCUT2D eigenvalue weighted by molar-refractivity contribution is 7.80. The van der Waals surface area contributed by atoms with Crippen LogP contribution in [0.3, 0.4) is 0 Å². The van der Waals surface area contributed by atoms with E-state index in [2.05, 4.69) is 22.9 Å². The van der Waals surface area contributed by atoms with Crippen LogP contribution < -0.4 is 5.32 Å². The predicted molar refractivity (Wildman–Crippen MR) is 38.2 cm³/mol. The van der Waals surface area contributed by atoms with Crippen molar-refractivity contribution in [2.75, 3.05) is 0 Å². The van der Waals surface area contributed by atoms with Gasteiger partial charge in [-0.3, -0.25) is 4.99 Å². The molecule has 0 amide bonds. The lowest BCUT2D eigenvalue weighted by atomic mass is 10.4. The van der Waals surface area contributed by atoms with Crippen LogP contribution >= 0.6 is 12.6 Å². The number of aliphatic imine (C=N–C) groups is 1. The van der Waals surface area contributed by atoms with Gasteiger partial charge in [-0.05, 0) is 13.0 Å². The maximum absolute atomic E-state index is 4.07. The molecule has 0 saturated heterocycles. The second-order valence-corrected chi connectivity index (χ2v) is 2.15. The third-order valence-electron chi connectivity index (χ3n) is 0.909. The van der Waals surface area contributed by atoms with Crippen LogP contribution in [0.1, 0.15) is 6.92 Å². The van der Waals surface area contributed by atoms with Crippen LogP contribution in [0.15, 0.2) is 16.8 Å². The Bertz CT molecular complexity index is 139. The average molecular weight is 128 g/mol. The first-order valence-corrected chi connectivity index (χ1v) is 2.95. The van der Waals surface area contributed by atoms with Gasteiger partial charge in [0.05, 0.1) is 0 Å². The van der Waals surface area contributed by atoms with Crippen molar-refractivity contribution in [1.82, 2.24) is 5.32 Å². The minimum atomic E-state index is -0.0417. The summed E-state index contributed by atoms with van der Waals surface area (Å²) in [7, 11) is 0. The Morgan fingerprint density at radius 1 is 1.88 bits per heavy atom. The number of nitrogens with zero attached hydrogens (tertiary/aromatic N) is 1. The topological polar surface area (TPSA) is 24.4 Å². The molecule has 0 aliphatic carbocycles. The molecule has 1 rings (SSSR count). The summed E-state index contributed by atoms with van der Waals surface area (Å²) in [5.74, 6) is 0. The van der Waals surface area contributed by atoms with Crippen LogP contribution in [0.2, 0.25) is 0 Å². The lowest BCUT2D eigenvalue weighted by Crippen LogP contribution is -2.22. The third kappa shape index (κ3) is 1.26. The minimum Gasteiger partial charge on any atom is -0.359 e. The monoisotopic (exact) mass is 128 g/mol. The predicted octanol–water partition coefficient (Wildman–Crippen LogP) is 0.778. The van der Waals surface area contributed by atoms with E-state index in [1.807, 2.05) is 13.0 Å². The zero-order valence-corrected chi connectivity index (χ0v) is 5.52. The molecule has 0 spiro atoms. The summed E-state index contributed by atoms with van der Waals surface area (Å²) in [4.78, 5) is 3.93. The summed E-state index contributed by atoms with van der Waals surface area (Å²) in [6.45, 7) is 1.98. The van der Waals surface area contributed by atoms with Crippen molar-refractivity contribution in [3.63, 3.8) is 0 Å². The van der Waals surface area contributed by atoms with E-state index < -0.39 is 0 Å². The molecule has 0 radical (unpaired) electrons. The number of hydrogen-bond acceptors (Lipinski definition) is 3. The van der Waals surface area contributed by atoms with Gasteiger partial charge in [0.15, 0.2) is 5.50 Å². The van der Waals surface area contributed by atoms with Crippen LogP contribution in [0, 0.1) is 0 Å². The maximum Gasteiger partial charge on any atom is 0.163 e. The van der Waals surface area contributed by atoms with Gasteiger partial charge in [-0.2, -0.15) is 0 Å². The van der Waals surface area contributed by atoms with Crippen molar-refractivity contribution in [2.24, 2.45) is 4.99 Å². The maximum atomic E-state index is 4.07. The Hall–Kier alpha value is -0.440. The summed E-state index contributed by atoms with van der Waals surface area (Å²) in [6, 6.07) is 0. The van der Waals surface area contributed by atoms with Gasteiger partial charge in [-0.25, -0.2) is 0 Å². The van der Waals surface area contributed by atoms with E-state index in [0.29, 0.717) is 0 Å². The molecule has 1 heterocycles. The summed E-state index contributed by atoms with van der Waals surface area (Å²) >= 11 is 4.07. The molecular weight excluding hydrogens is 120 g/mol. The molecule has 1 N–H and O–H groups in total. The van der Waals surface area contributed by atoms with Crippen molar-refractivity contribution in [2.45, 2.75) is 12.4 Å². The number of hydrogen-bond donors (Lipinski definition) is 2. The highest BCUT2D eigenvalue weighted by Crippen LogP contribution is 1.99. The largest absolute Gasteiger partial charge is 0.359 e. The van der Waals surface area contributed by atoms with Gasteiger partial charge in [0, 0.05) is 11.9 Å². The Labute approximate surface area is 54.1 Å². The molecule has 1 atom stereocenters. The normalized spacial score (nSPS) is 26.8. The van der Waals surface area contributed by atoms with E-state index in [1.54, 1.807) is 6.21 Å². The highest BCUT2D eigenvalue weighted by Gasteiger charge is 1.98. The summed E-state index contributed by atoms with van der Waals surface area (Å²) in [5.41, 5.74) is 1.07. The van der Waals surface area contributed by atoms with E-state index in [9.17, 15) is 0 Å². The van der Waals surface area contributed by atoms with Crippen LogP contribution in [-0.2, 0) is 0 Å². The molecular formula is C5H8N2S. The van der Waals surface area contributed by atoms with Crippen LogP contribution in [-0.4, -0.2) is 11.7 Å². The molecule has 0 aromatic heterocycles. The minimum absolute atomic E-state index is 0.0417. The van der Waals surface area contributed by atoms with Crippen molar-refractivity contribution in [1.29, 1.82) is 0 Å². The van der Waals surface area contributed by atoms with Gasteiger partial charge in [-0.1, -0.05) is 0 Å². The fourth-order valence-corrected chi connectivity index (χ4v) is 0.806. The Kier molecular flexibility index (Phi) is 1.58. The first-order valence-electron chi connectivity index (χ1n) is 2.44. The number of allylic oxidation sites excluding steroid dienone is 2. The van der Waals surface area contributed by atoms with Crippen LogP contribution in [0.4, 0.5) is 0 Å². The molecule has 1 aliphatic rings. The molecule has 1 aliphatic heterocycles. The number of nitrogens with one attached hydrogen (secondary N) is 1. The van der Waals surface area contributed by atoms with Crippen molar-refractivity contribution in [3.8, 4) is 0 Å². The molecule has 8 heavy (non-hydrogen) atoms.